The third-order valence-corrected chi connectivity index (χ3v) is 11.0. The molecule has 0 unspecified atom stereocenters. The number of rotatable bonds is 16. The molecule has 1 N–H and O–H groups in total. The quantitative estimate of drug-likeness (QED) is 0.216. The Labute approximate surface area is 280 Å². The largest absolute Gasteiger partial charge is 0.396 e. The fourth-order valence-electron chi connectivity index (χ4n) is 6.78. The third kappa shape index (κ3) is 11.6. The van der Waals surface area contributed by atoms with E-state index in [1.807, 2.05) is 0 Å². The van der Waals surface area contributed by atoms with Crippen molar-refractivity contribution in [1.82, 2.24) is 0 Å². The van der Waals surface area contributed by atoms with Gasteiger partial charge in [-0.15, -0.1) is 0 Å². The summed E-state index contributed by atoms with van der Waals surface area (Å²) in [5, 5.41) is 9.60. The molecule has 4 saturated heterocycles. The summed E-state index contributed by atoms with van der Waals surface area (Å²) < 4.78 is 49.5. The zero-order valence-electron chi connectivity index (χ0n) is 30.6. The minimum absolute atomic E-state index is 0.00739. The van der Waals surface area contributed by atoms with Gasteiger partial charge in [0, 0.05) is 22.7 Å². The summed E-state index contributed by atoms with van der Waals surface area (Å²) in [6, 6.07) is 0. The van der Waals surface area contributed by atoms with Crippen LogP contribution in [0, 0.1) is 22.7 Å². The Hall–Kier alpha value is -0.360. The lowest BCUT2D eigenvalue weighted by atomic mass is 9.80. The smallest absolute Gasteiger partial charge is 0.0887 e. The molecule has 4 heterocycles. The average molecular weight is 657 g/mol. The van der Waals surface area contributed by atoms with Gasteiger partial charge in [-0.25, -0.2) is 0 Å². The van der Waals surface area contributed by atoms with Crippen molar-refractivity contribution < 1.29 is 43.0 Å². The van der Waals surface area contributed by atoms with E-state index in [0.717, 1.165) is 58.0 Å². The first-order valence-corrected chi connectivity index (χ1v) is 18.1. The normalized spacial score (nSPS) is 42.4. The number of hydrogen-bond acceptors (Lipinski definition) is 9. The van der Waals surface area contributed by atoms with Crippen LogP contribution in [0.2, 0.25) is 0 Å². The molecular weight excluding hydrogens is 588 g/mol. The Morgan fingerprint density at radius 1 is 0.565 bits per heavy atom. The van der Waals surface area contributed by atoms with E-state index in [2.05, 4.69) is 55.4 Å². The second kappa shape index (κ2) is 16.1. The molecule has 4 aliphatic heterocycles. The van der Waals surface area contributed by atoms with Gasteiger partial charge in [-0.1, -0.05) is 13.8 Å². The van der Waals surface area contributed by atoms with Crippen molar-refractivity contribution in [2.24, 2.45) is 22.7 Å². The molecule has 9 heteroatoms. The fourth-order valence-corrected chi connectivity index (χ4v) is 6.78. The van der Waals surface area contributed by atoms with Gasteiger partial charge in [0.25, 0.3) is 0 Å². The predicted molar refractivity (Wildman–Crippen MR) is 178 cm³/mol. The van der Waals surface area contributed by atoms with Crippen LogP contribution in [0.5, 0.6) is 0 Å². The minimum atomic E-state index is -0.271. The van der Waals surface area contributed by atoms with Gasteiger partial charge >= 0.3 is 0 Å². The van der Waals surface area contributed by atoms with Gasteiger partial charge in [-0.3, -0.25) is 0 Å². The molecule has 0 aliphatic carbocycles. The van der Waals surface area contributed by atoms with Crippen molar-refractivity contribution in [2.45, 2.75) is 135 Å². The van der Waals surface area contributed by atoms with Crippen LogP contribution in [0.15, 0.2) is 0 Å². The lowest BCUT2D eigenvalue weighted by Gasteiger charge is -2.44. The second-order valence-corrected chi connectivity index (χ2v) is 17.5. The second-order valence-electron chi connectivity index (χ2n) is 17.5. The van der Waals surface area contributed by atoms with Gasteiger partial charge < -0.3 is 43.0 Å². The molecule has 9 nitrogen and oxygen atoms in total. The van der Waals surface area contributed by atoms with Crippen LogP contribution in [-0.2, 0) is 37.9 Å². The number of aliphatic hydroxyl groups is 1. The molecule has 0 radical (unpaired) electrons. The molecule has 46 heavy (non-hydrogen) atoms. The molecule has 4 rings (SSSR count). The van der Waals surface area contributed by atoms with Gasteiger partial charge in [0.1, 0.15) is 0 Å². The lowest BCUT2D eigenvalue weighted by molar-refractivity contribution is -0.185. The first-order valence-electron chi connectivity index (χ1n) is 18.1. The molecule has 0 saturated carbocycles. The molecule has 0 amide bonds. The van der Waals surface area contributed by atoms with E-state index >= 15 is 0 Å². The molecule has 8 atom stereocenters. The highest BCUT2D eigenvalue weighted by molar-refractivity contribution is 4.90. The number of aliphatic hydroxyl groups excluding tert-OH is 1. The van der Waals surface area contributed by atoms with Crippen molar-refractivity contribution >= 4 is 0 Å². The van der Waals surface area contributed by atoms with E-state index in [1.54, 1.807) is 0 Å². The maximum atomic E-state index is 9.60. The van der Waals surface area contributed by atoms with Crippen molar-refractivity contribution in [1.29, 1.82) is 0 Å². The highest BCUT2D eigenvalue weighted by Crippen LogP contribution is 2.39. The fraction of sp³-hybridized carbons (Fsp3) is 1.00. The molecule has 270 valence electrons. The van der Waals surface area contributed by atoms with E-state index in [4.69, 9.17) is 37.9 Å². The van der Waals surface area contributed by atoms with E-state index in [0.29, 0.717) is 77.9 Å². The minimum Gasteiger partial charge on any atom is -0.396 e. The topological polar surface area (TPSA) is 94.1 Å². The first kappa shape index (κ1) is 38.4. The third-order valence-electron chi connectivity index (χ3n) is 11.0. The van der Waals surface area contributed by atoms with Crippen LogP contribution < -0.4 is 0 Å². The molecular formula is C37H68O9. The highest BCUT2D eigenvalue weighted by Gasteiger charge is 2.41. The Kier molecular flexibility index (Phi) is 13.5. The van der Waals surface area contributed by atoms with Gasteiger partial charge in [-0.05, 0) is 92.9 Å². The van der Waals surface area contributed by atoms with Gasteiger partial charge in [0.05, 0.1) is 108 Å². The molecule has 0 bridgehead atoms. The number of hydrogen-bond donors (Lipinski definition) is 1. The van der Waals surface area contributed by atoms with Crippen LogP contribution in [0.25, 0.3) is 0 Å². The van der Waals surface area contributed by atoms with E-state index in [9.17, 15) is 5.11 Å². The Morgan fingerprint density at radius 2 is 1.02 bits per heavy atom. The van der Waals surface area contributed by atoms with Crippen LogP contribution >= 0.6 is 0 Å². The lowest BCUT2D eigenvalue weighted by Crippen LogP contribution is -2.48. The molecule has 4 fully saturated rings. The Balaban J connectivity index is 1.06. The van der Waals surface area contributed by atoms with Crippen molar-refractivity contribution in [3.63, 3.8) is 0 Å². The molecule has 0 aromatic rings. The van der Waals surface area contributed by atoms with Crippen LogP contribution in [0.1, 0.15) is 107 Å². The molecule has 4 aliphatic rings. The van der Waals surface area contributed by atoms with Gasteiger partial charge in [0.15, 0.2) is 0 Å². The summed E-state index contributed by atoms with van der Waals surface area (Å²) in [6.45, 7) is 24.5. The van der Waals surface area contributed by atoms with Crippen LogP contribution in [-0.4, -0.2) is 113 Å². The summed E-state index contributed by atoms with van der Waals surface area (Å²) in [6.07, 6.45) is 8.23. The summed E-state index contributed by atoms with van der Waals surface area (Å²) >= 11 is 0. The summed E-state index contributed by atoms with van der Waals surface area (Å²) in [4.78, 5) is 0. The molecule has 0 spiro atoms. The van der Waals surface area contributed by atoms with Crippen LogP contribution in [0.4, 0.5) is 0 Å². The maximum absolute atomic E-state index is 9.60. The van der Waals surface area contributed by atoms with Gasteiger partial charge in [0.2, 0.25) is 0 Å². The monoisotopic (exact) mass is 656 g/mol. The average Bonchev–Trinajstić information content (AvgIpc) is 3.02. The summed E-state index contributed by atoms with van der Waals surface area (Å²) in [5.41, 5.74) is -1.11. The summed E-state index contributed by atoms with van der Waals surface area (Å²) in [5.74, 6) is 0.816. The van der Waals surface area contributed by atoms with E-state index in [-0.39, 0.29) is 45.9 Å². The Bertz CT molecular complexity index is 891. The zero-order chi connectivity index (χ0) is 33.5. The SMILES string of the molecule is CC(C)OC[C@@]1(C)CC[C@@H](COC[C@@]2(C)CC[C@](C)(COC[C@@]3(C)CC[C@@H](COC[C@@]4(C)CC[C@](C)(CO)CO4)CO3)CO2)CO1. The Morgan fingerprint density at radius 3 is 1.43 bits per heavy atom. The first-order chi connectivity index (χ1) is 21.6. The molecule has 0 aromatic heterocycles. The summed E-state index contributed by atoms with van der Waals surface area (Å²) in [7, 11) is 0. The van der Waals surface area contributed by atoms with Crippen molar-refractivity contribution in [2.75, 3.05) is 79.3 Å². The molecule has 0 aromatic carbocycles. The van der Waals surface area contributed by atoms with Gasteiger partial charge in [-0.2, -0.15) is 0 Å². The number of ether oxygens (including phenoxy) is 8. The van der Waals surface area contributed by atoms with E-state index in [1.165, 1.54) is 0 Å². The van der Waals surface area contributed by atoms with Crippen molar-refractivity contribution in [3.05, 3.63) is 0 Å². The maximum Gasteiger partial charge on any atom is 0.0887 e. The highest BCUT2D eigenvalue weighted by atomic mass is 16.6. The van der Waals surface area contributed by atoms with E-state index < -0.39 is 0 Å². The van der Waals surface area contributed by atoms with Crippen molar-refractivity contribution in [3.8, 4) is 0 Å². The standard InChI is InChI=1S/C37H68O9/c1-29(2)42-28-35(6)12-10-31(20-44-35)18-40-26-37(8)16-14-33(4,24-46-37)22-41-27-34(5)11-9-30(19-43-34)17-39-25-36(7)15-13-32(3,21-38)23-45-36/h29-31,38H,9-28H2,1-8H3/t30-,31-,32+,33+,34+,35+,36+,37+/m0/s1. The predicted octanol–water partition coefficient (Wildman–Crippen LogP) is 5.97. The van der Waals surface area contributed by atoms with Crippen LogP contribution in [0.3, 0.4) is 0 Å². The zero-order valence-corrected chi connectivity index (χ0v) is 30.6.